The van der Waals surface area contributed by atoms with Crippen LogP contribution in [0.5, 0.6) is 5.75 Å². The number of hydrogen-bond acceptors (Lipinski definition) is 6. The van der Waals surface area contributed by atoms with E-state index in [4.69, 9.17) is 9.47 Å². The average Bonchev–Trinajstić information content (AvgIpc) is 2.98. The van der Waals surface area contributed by atoms with E-state index in [1.807, 2.05) is 0 Å². The molecule has 0 spiro atoms. The predicted octanol–water partition coefficient (Wildman–Crippen LogP) is 2.25. The van der Waals surface area contributed by atoms with Gasteiger partial charge in [0.25, 0.3) is 17.7 Å². The predicted molar refractivity (Wildman–Crippen MR) is 104 cm³/mol. The van der Waals surface area contributed by atoms with Crippen molar-refractivity contribution in [3.05, 3.63) is 59.7 Å². The summed E-state index contributed by atoms with van der Waals surface area (Å²) in [6, 6.07) is 11.9. The van der Waals surface area contributed by atoms with E-state index >= 15 is 0 Å². The molecule has 150 valence electrons. The van der Waals surface area contributed by atoms with Crippen LogP contribution in [0.1, 0.15) is 34.6 Å². The number of esters is 1. The van der Waals surface area contributed by atoms with Gasteiger partial charge in [0.15, 0.2) is 6.10 Å². The topological polar surface area (TPSA) is 102 Å². The van der Waals surface area contributed by atoms with E-state index in [9.17, 15) is 19.2 Å². The fourth-order valence-corrected chi connectivity index (χ4v) is 2.97. The first-order valence-corrected chi connectivity index (χ1v) is 8.96. The van der Waals surface area contributed by atoms with Crippen molar-refractivity contribution in [3.63, 3.8) is 0 Å². The van der Waals surface area contributed by atoms with Crippen molar-refractivity contribution in [1.82, 2.24) is 4.90 Å². The molecule has 0 aromatic heterocycles. The Morgan fingerprint density at radius 1 is 0.931 bits per heavy atom. The number of carbonyl (C=O) groups is 4. The second kappa shape index (κ2) is 8.14. The molecule has 3 amide bonds. The molecule has 0 fully saturated rings. The van der Waals surface area contributed by atoms with Crippen LogP contribution in [-0.2, 0) is 14.3 Å². The number of imide groups is 1. The van der Waals surface area contributed by atoms with Gasteiger partial charge >= 0.3 is 5.97 Å². The zero-order valence-electron chi connectivity index (χ0n) is 16.2. The smallest absolute Gasteiger partial charge is 0.329 e. The number of ether oxygens (including phenoxy) is 2. The van der Waals surface area contributed by atoms with Crippen LogP contribution in [0, 0.1) is 0 Å². The number of para-hydroxylation sites is 2. The third-order valence-electron chi connectivity index (χ3n) is 4.58. The highest BCUT2D eigenvalue weighted by atomic mass is 16.5. The molecule has 0 bridgehead atoms. The first-order valence-electron chi connectivity index (χ1n) is 8.96. The van der Waals surface area contributed by atoms with Crippen LogP contribution in [0.3, 0.4) is 0 Å². The minimum absolute atomic E-state index is 0.235. The third-order valence-corrected chi connectivity index (χ3v) is 4.58. The maximum atomic E-state index is 12.5. The van der Waals surface area contributed by atoms with Crippen molar-refractivity contribution in [2.24, 2.45) is 0 Å². The summed E-state index contributed by atoms with van der Waals surface area (Å²) < 4.78 is 10.4. The van der Waals surface area contributed by atoms with Gasteiger partial charge in [0.1, 0.15) is 11.8 Å². The molecule has 0 saturated heterocycles. The Labute approximate surface area is 167 Å². The van der Waals surface area contributed by atoms with Crippen LogP contribution in [0.25, 0.3) is 0 Å². The number of nitrogens with one attached hydrogen (secondary N) is 1. The summed E-state index contributed by atoms with van der Waals surface area (Å²) in [6.07, 6.45) is -1.15. The van der Waals surface area contributed by atoms with E-state index in [-0.39, 0.29) is 11.1 Å². The highest BCUT2D eigenvalue weighted by molar-refractivity contribution is 6.22. The van der Waals surface area contributed by atoms with Gasteiger partial charge < -0.3 is 14.8 Å². The molecule has 1 aliphatic rings. The third kappa shape index (κ3) is 3.82. The fourth-order valence-electron chi connectivity index (χ4n) is 2.97. The van der Waals surface area contributed by atoms with E-state index in [0.29, 0.717) is 11.4 Å². The van der Waals surface area contributed by atoms with Gasteiger partial charge in [-0.15, -0.1) is 0 Å². The Bertz CT molecular complexity index is 952. The fraction of sp³-hybridized carbons (Fsp3) is 0.238. The van der Waals surface area contributed by atoms with Crippen molar-refractivity contribution in [1.29, 1.82) is 0 Å². The number of carbonyl (C=O) groups excluding carboxylic acids is 4. The van der Waals surface area contributed by atoms with E-state index in [2.05, 4.69) is 5.32 Å². The van der Waals surface area contributed by atoms with E-state index in [1.165, 1.54) is 33.1 Å². The van der Waals surface area contributed by atoms with Gasteiger partial charge in [-0.25, -0.2) is 4.79 Å². The maximum Gasteiger partial charge on any atom is 0.329 e. The largest absolute Gasteiger partial charge is 0.495 e. The van der Waals surface area contributed by atoms with Crippen molar-refractivity contribution >= 4 is 29.4 Å². The number of rotatable bonds is 6. The monoisotopic (exact) mass is 396 g/mol. The molecule has 1 aliphatic heterocycles. The van der Waals surface area contributed by atoms with Gasteiger partial charge in [-0.2, -0.15) is 0 Å². The molecule has 0 radical (unpaired) electrons. The summed E-state index contributed by atoms with van der Waals surface area (Å²) in [7, 11) is 1.47. The number of benzene rings is 2. The number of nitrogens with zero attached hydrogens (tertiary/aromatic N) is 1. The number of methoxy groups -OCH3 is 1. The molecule has 1 heterocycles. The standard InChI is InChI=1S/C21H20N2O6/c1-12(23-19(25)14-8-4-5-9-15(14)20(23)26)21(27)29-13(2)18(24)22-16-10-6-7-11-17(16)28-3/h4-13H,1-3H3,(H,22,24)/t12-,13+/m1/s1. The van der Waals surface area contributed by atoms with Crippen LogP contribution in [0.4, 0.5) is 5.69 Å². The molecular formula is C21H20N2O6. The zero-order chi connectivity index (χ0) is 21.1. The molecule has 8 heteroatoms. The lowest BCUT2D eigenvalue weighted by atomic mass is 10.1. The lowest BCUT2D eigenvalue weighted by Crippen LogP contribution is -2.45. The van der Waals surface area contributed by atoms with E-state index < -0.39 is 35.8 Å². The summed E-state index contributed by atoms with van der Waals surface area (Å²) in [5, 5.41) is 2.62. The molecule has 2 atom stereocenters. The first-order chi connectivity index (χ1) is 13.8. The quantitative estimate of drug-likeness (QED) is 0.594. The minimum atomic E-state index is -1.18. The maximum absolute atomic E-state index is 12.5. The first kappa shape index (κ1) is 20.1. The average molecular weight is 396 g/mol. The summed E-state index contributed by atoms with van der Waals surface area (Å²) in [4.78, 5) is 50.7. The lowest BCUT2D eigenvalue weighted by Gasteiger charge is -2.23. The number of fused-ring (bicyclic) bond motifs is 1. The van der Waals surface area contributed by atoms with Crippen molar-refractivity contribution < 1.29 is 28.7 Å². The highest BCUT2D eigenvalue weighted by Gasteiger charge is 2.41. The number of hydrogen-bond donors (Lipinski definition) is 1. The molecule has 0 unspecified atom stereocenters. The molecule has 3 rings (SSSR count). The minimum Gasteiger partial charge on any atom is -0.495 e. The van der Waals surface area contributed by atoms with Crippen molar-refractivity contribution in [2.45, 2.75) is 26.0 Å². The normalized spacial score (nSPS) is 14.8. The summed E-state index contributed by atoms with van der Waals surface area (Å²) in [5.74, 6) is -2.11. The van der Waals surface area contributed by atoms with E-state index in [0.717, 1.165) is 4.90 Å². The van der Waals surface area contributed by atoms with Crippen LogP contribution in [-0.4, -0.2) is 47.8 Å². The SMILES string of the molecule is COc1ccccc1NC(=O)[C@H](C)OC(=O)[C@@H](C)N1C(=O)c2ccccc2C1=O. The molecule has 8 nitrogen and oxygen atoms in total. The molecule has 0 saturated carbocycles. The van der Waals surface area contributed by atoms with Gasteiger partial charge in [0, 0.05) is 0 Å². The number of anilines is 1. The van der Waals surface area contributed by atoms with Gasteiger partial charge in [0.2, 0.25) is 0 Å². The molecule has 2 aromatic rings. The Kier molecular flexibility index (Phi) is 5.63. The second-order valence-electron chi connectivity index (χ2n) is 6.47. The molecule has 2 aromatic carbocycles. The van der Waals surface area contributed by atoms with Gasteiger partial charge in [0.05, 0.1) is 23.9 Å². The highest BCUT2D eigenvalue weighted by Crippen LogP contribution is 2.25. The van der Waals surface area contributed by atoms with Crippen LogP contribution in [0.15, 0.2) is 48.5 Å². The lowest BCUT2D eigenvalue weighted by molar-refractivity contribution is -0.156. The molecule has 1 N–H and O–H groups in total. The Hall–Kier alpha value is -3.68. The Morgan fingerprint density at radius 2 is 1.48 bits per heavy atom. The van der Waals surface area contributed by atoms with Crippen LogP contribution < -0.4 is 10.1 Å². The van der Waals surface area contributed by atoms with Gasteiger partial charge in [-0.05, 0) is 38.1 Å². The van der Waals surface area contributed by atoms with Gasteiger partial charge in [-0.3, -0.25) is 19.3 Å². The van der Waals surface area contributed by atoms with Gasteiger partial charge in [-0.1, -0.05) is 24.3 Å². The second-order valence-corrected chi connectivity index (χ2v) is 6.47. The van der Waals surface area contributed by atoms with E-state index in [1.54, 1.807) is 36.4 Å². The zero-order valence-corrected chi connectivity index (χ0v) is 16.2. The molecular weight excluding hydrogens is 376 g/mol. The van der Waals surface area contributed by atoms with Crippen LogP contribution in [0.2, 0.25) is 0 Å². The van der Waals surface area contributed by atoms with Crippen LogP contribution >= 0.6 is 0 Å². The Balaban J connectivity index is 1.66. The van der Waals surface area contributed by atoms with Crippen molar-refractivity contribution in [2.75, 3.05) is 12.4 Å². The molecule has 0 aliphatic carbocycles. The Morgan fingerprint density at radius 3 is 2.07 bits per heavy atom. The summed E-state index contributed by atoms with van der Waals surface area (Å²) in [5.41, 5.74) is 0.898. The molecule has 29 heavy (non-hydrogen) atoms. The van der Waals surface area contributed by atoms with Crippen molar-refractivity contribution in [3.8, 4) is 5.75 Å². The summed E-state index contributed by atoms with van der Waals surface area (Å²) in [6.45, 7) is 2.78. The summed E-state index contributed by atoms with van der Waals surface area (Å²) >= 11 is 0. The number of amides is 3.